The second-order valence-corrected chi connectivity index (χ2v) is 15.8. The van der Waals surface area contributed by atoms with Crippen molar-refractivity contribution in [2.45, 2.75) is 127 Å². The van der Waals surface area contributed by atoms with Crippen LogP contribution in [0.25, 0.3) is 0 Å². The molecule has 0 spiro atoms. The van der Waals surface area contributed by atoms with Crippen LogP contribution in [0.2, 0.25) is 6.04 Å². The van der Waals surface area contributed by atoms with Crippen molar-refractivity contribution >= 4 is 17.6 Å². The van der Waals surface area contributed by atoms with Crippen LogP contribution in [0.1, 0.15) is 73.6 Å². The minimum absolute atomic E-state index is 0.0720. The molecule has 0 aliphatic carbocycles. The SMILES string of the molecule is CCO[Si](CCCCCCC(F)(F)C(F)(F)C(F)(F)C(F)(F)C(F)(F)C(F)(F)C(F)(F)C(F)(F)[Si](OCC)(OCC)OCC)(OCC)OCC. The molecule has 0 aliphatic heterocycles. The Labute approximate surface area is 281 Å². The van der Waals surface area contributed by atoms with E-state index in [-0.39, 0.29) is 38.7 Å². The maximum Gasteiger partial charge on any atom is 0.582 e. The molecule has 50 heavy (non-hydrogen) atoms. The topological polar surface area (TPSA) is 55.4 Å². The fourth-order valence-electron chi connectivity index (χ4n) is 4.58. The first-order valence-corrected chi connectivity index (χ1v) is 19.1. The maximum atomic E-state index is 15.0. The van der Waals surface area contributed by atoms with Crippen LogP contribution in [0.3, 0.4) is 0 Å². The molecule has 0 saturated carbocycles. The van der Waals surface area contributed by atoms with Crippen molar-refractivity contribution in [3.05, 3.63) is 0 Å². The van der Waals surface area contributed by atoms with Crippen molar-refractivity contribution in [3.8, 4) is 0 Å². The highest BCUT2D eigenvalue weighted by Crippen LogP contribution is 2.65. The largest absolute Gasteiger partial charge is 0.582 e. The summed E-state index contributed by atoms with van der Waals surface area (Å²) in [7, 11) is -9.94. The van der Waals surface area contributed by atoms with Crippen LogP contribution < -0.4 is 0 Å². The summed E-state index contributed by atoms with van der Waals surface area (Å²) in [4.78, 5) is 0. The molecule has 0 aromatic heterocycles. The van der Waals surface area contributed by atoms with Gasteiger partial charge in [0.2, 0.25) is 0 Å². The van der Waals surface area contributed by atoms with Gasteiger partial charge in [0, 0.05) is 52.1 Å². The molecule has 0 bridgehead atoms. The number of hydrogen-bond donors (Lipinski definition) is 0. The van der Waals surface area contributed by atoms with Gasteiger partial charge < -0.3 is 26.6 Å². The molecule has 302 valence electrons. The Morgan fingerprint density at radius 1 is 0.360 bits per heavy atom. The van der Waals surface area contributed by atoms with Crippen LogP contribution in [-0.2, 0) is 26.6 Å². The molecule has 0 atom stereocenters. The third kappa shape index (κ3) is 8.88. The van der Waals surface area contributed by atoms with Gasteiger partial charge >= 0.3 is 64.6 Å². The van der Waals surface area contributed by atoms with E-state index in [1.807, 2.05) is 0 Å². The first-order valence-electron chi connectivity index (χ1n) is 15.4. The lowest BCUT2D eigenvalue weighted by Gasteiger charge is -2.45. The zero-order chi connectivity index (χ0) is 39.7. The van der Waals surface area contributed by atoms with E-state index in [9.17, 15) is 61.5 Å². The Morgan fingerprint density at radius 3 is 1.00 bits per heavy atom. The maximum absolute atomic E-state index is 15.0. The fourth-order valence-corrected chi connectivity index (χ4v) is 9.74. The lowest BCUT2D eigenvalue weighted by atomic mass is 9.88. The Morgan fingerprint density at radius 2 is 0.660 bits per heavy atom. The minimum Gasteiger partial charge on any atom is -0.374 e. The molecule has 0 heterocycles. The Bertz CT molecular complexity index is 989. The molecule has 6 nitrogen and oxygen atoms in total. The van der Waals surface area contributed by atoms with E-state index in [2.05, 4.69) is 13.3 Å². The molecule has 0 amide bonds. The summed E-state index contributed by atoms with van der Waals surface area (Å²) in [5, 5.41) is 0. The van der Waals surface area contributed by atoms with Crippen molar-refractivity contribution < 1.29 is 96.8 Å². The van der Waals surface area contributed by atoms with Gasteiger partial charge in [0.1, 0.15) is 0 Å². The summed E-state index contributed by atoms with van der Waals surface area (Å²) >= 11 is 0. The monoisotopic (exact) mass is 810 g/mol. The van der Waals surface area contributed by atoms with Gasteiger partial charge in [0.25, 0.3) is 0 Å². The third-order valence-corrected chi connectivity index (χ3v) is 13.3. The summed E-state index contributed by atoms with van der Waals surface area (Å²) < 4.78 is 262. The van der Waals surface area contributed by atoms with Crippen molar-refractivity contribution in [1.29, 1.82) is 0 Å². The first kappa shape index (κ1) is 49.1. The zero-order valence-corrected chi connectivity index (χ0v) is 30.0. The van der Waals surface area contributed by atoms with Gasteiger partial charge in [-0.3, -0.25) is 0 Å². The molecule has 0 unspecified atom stereocenters. The lowest BCUT2D eigenvalue weighted by Crippen LogP contribution is -2.78. The molecule has 0 fully saturated rings. The highest BCUT2D eigenvalue weighted by Gasteiger charge is 2.97. The summed E-state index contributed by atoms with van der Waals surface area (Å²) in [5.41, 5.74) is -6.83. The second kappa shape index (κ2) is 17.9. The summed E-state index contributed by atoms with van der Waals surface area (Å²) in [6.45, 7) is 4.24. The van der Waals surface area contributed by atoms with Crippen LogP contribution in [0.5, 0.6) is 0 Å². The van der Waals surface area contributed by atoms with Gasteiger partial charge in [-0.2, -0.15) is 70.2 Å². The first-order chi connectivity index (χ1) is 22.6. The highest BCUT2D eigenvalue weighted by atomic mass is 28.4. The lowest BCUT2D eigenvalue weighted by molar-refractivity contribution is -0.451. The average molecular weight is 811 g/mol. The summed E-state index contributed by atoms with van der Waals surface area (Å²) in [5.74, 6) is -55.5. The minimum atomic E-state index is -8.56. The number of unbranched alkanes of at least 4 members (excludes halogenated alkanes) is 3. The van der Waals surface area contributed by atoms with Crippen molar-refractivity contribution in [1.82, 2.24) is 0 Å². The van der Waals surface area contributed by atoms with Gasteiger partial charge in [-0.25, -0.2) is 0 Å². The molecule has 0 aromatic rings. The van der Waals surface area contributed by atoms with Crippen LogP contribution >= 0.6 is 0 Å². The zero-order valence-electron chi connectivity index (χ0n) is 28.0. The Balaban J connectivity index is 6.37. The van der Waals surface area contributed by atoms with E-state index in [4.69, 9.17) is 13.3 Å². The number of alkyl halides is 16. The Hall–Kier alpha value is -0.926. The molecule has 0 N–H and O–H groups in total. The predicted octanol–water partition coefficient (Wildman–Crippen LogP) is 9.66. The molecule has 0 radical (unpaired) electrons. The number of hydrogen-bond acceptors (Lipinski definition) is 6. The molecule has 0 aliphatic rings. The van der Waals surface area contributed by atoms with Gasteiger partial charge in [0.05, 0.1) is 0 Å². The van der Waals surface area contributed by atoms with Crippen LogP contribution in [-0.4, -0.2) is 104 Å². The smallest absolute Gasteiger partial charge is 0.374 e. The molecule has 24 heteroatoms. The summed E-state index contributed by atoms with van der Waals surface area (Å²) in [6.07, 6.45) is -4.07. The predicted molar refractivity (Wildman–Crippen MR) is 149 cm³/mol. The van der Waals surface area contributed by atoms with E-state index >= 15 is 8.78 Å². The van der Waals surface area contributed by atoms with E-state index in [1.54, 1.807) is 20.8 Å². The molecule has 0 saturated heterocycles. The molecular weight excluding hydrogens is 768 g/mol. The van der Waals surface area contributed by atoms with Crippen molar-refractivity contribution in [2.75, 3.05) is 39.6 Å². The third-order valence-electron chi connectivity index (χ3n) is 7.03. The van der Waals surface area contributed by atoms with Crippen LogP contribution in [0, 0.1) is 0 Å². The molecule has 0 aromatic carbocycles. The van der Waals surface area contributed by atoms with Crippen LogP contribution in [0.4, 0.5) is 70.2 Å². The second-order valence-electron chi connectivity index (χ2n) is 10.5. The van der Waals surface area contributed by atoms with E-state index in [1.165, 1.54) is 0 Å². The Kier molecular flexibility index (Phi) is 17.6. The average Bonchev–Trinajstić information content (AvgIpc) is 2.98. The van der Waals surface area contributed by atoms with Gasteiger partial charge in [-0.05, 0) is 54.4 Å². The molecular formula is C26H42F16O6Si2. The number of halogens is 16. The molecule has 0 rings (SSSR count). The van der Waals surface area contributed by atoms with Gasteiger partial charge in [-0.15, -0.1) is 0 Å². The van der Waals surface area contributed by atoms with Crippen molar-refractivity contribution in [3.63, 3.8) is 0 Å². The van der Waals surface area contributed by atoms with Gasteiger partial charge in [-0.1, -0.05) is 12.8 Å². The fraction of sp³-hybridized carbons (Fsp3) is 1.00. The van der Waals surface area contributed by atoms with Crippen molar-refractivity contribution in [2.24, 2.45) is 0 Å². The van der Waals surface area contributed by atoms with E-state index in [0.717, 1.165) is 20.8 Å². The summed E-state index contributed by atoms with van der Waals surface area (Å²) in [6, 6.07) is 0.0790. The van der Waals surface area contributed by atoms with E-state index < -0.39 is 104 Å². The van der Waals surface area contributed by atoms with Crippen LogP contribution in [0.15, 0.2) is 0 Å². The quantitative estimate of drug-likeness (QED) is 0.0468. The van der Waals surface area contributed by atoms with E-state index in [0.29, 0.717) is 0 Å². The number of rotatable bonds is 27. The van der Waals surface area contributed by atoms with Gasteiger partial charge in [0.15, 0.2) is 0 Å². The standard InChI is InChI=1S/C26H42F16O6Si2/c1-7-43-49(44-8-2,45-9-3)18-16-14-13-15-17-19(27,28)20(29,30)21(31,32)22(33,34)23(35,36)24(37,38)25(39,40)26(41,42)50(46-10-4,47-11-5)48-12-6/h7-18H2,1-6H3. The normalized spacial score (nSPS) is 15.2. The highest BCUT2D eigenvalue weighted by molar-refractivity contribution is 6.64.